The monoisotopic (exact) mass is 480 g/mol. The Hall–Kier alpha value is -3.58. The molecule has 0 saturated heterocycles. The maximum atomic E-state index is 13.2. The van der Waals surface area contributed by atoms with Gasteiger partial charge >= 0.3 is 6.18 Å². The van der Waals surface area contributed by atoms with Gasteiger partial charge in [0.2, 0.25) is 5.91 Å². The third-order valence-corrected chi connectivity index (χ3v) is 6.05. The smallest absolute Gasteiger partial charge is 0.383 e. The van der Waals surface area contributed by atoms with Crippen LogP contribution in [0.2, 0.25) is 0 Å². The van der Waals surface area contributed by atoms with E-state index in [0.29, 0.717) is 25.3 Å². The predicted molar refractivity (Wildman–Crippen MR) is 130 cm³/mol. The number of halogens is 3. The summed E-state index contributed by atoms with van der Waals surface area (Å²) in [4.78, 5) is 12.8. The zero-order chi connectivity index (χ0) is 24.8. The van der Waals surface area contributed by atoms with Crippen molar-refractivity contribution in [3.05, 3.63) is 107 Å². The van der Waals surface area contributed by atoms with Crippen LogP contribution in [0.15, 0.2) is 85.1 Å². The zero-order valence-electron chi connectivity index (χ0n) is 19.4. The van der Waals surface area contributed by atoms with E-state index in [1.54, 1.807) is 7.11 Å². The number of benzene rings is 3. The Kier molecular flexibility index (Phi) is 7.56. The van der Waals surface area contributed by atoms with E-state index in [0.717, 1.165) is 34.2 Å². The highest BCUT2D eigenvalue weighted by atomic mass is 19.4. The van der Waals surface area contributed by atoms with Crippen molar-refractivity contribution in [1.82, 2.24) is 9.88 Å². The molecule has 1 N–H and O–H groups in total. The molecule has 4 rings (SSSR count). The maximum absolute atomic E-state index is 13.2. The van der Waals surface area contributed by atoms with E-state index in [-0.39, 0.29) is 12.3 Å². The van der Waals surface area contributed by atoms with Gasteiger partial charge in [-0.2, -0.15) is 13.2 Å². The van der Waals surface area contributed by atoms with Gasteiger partial charge in [-0.05, 0) is 34.9 Å². The van der Waals surface area contributed by atoms with Crippen molar-refractivity contribution in [3.63, 3.8) is 0 Å². The van der Waals surface area contributed by atoms with Crippen LogP contribution in [0.4, 0.5) is 13.2 Å². The molecule has 35 heavy (non-hydrogen) atoms. The topological polar surface area (TPSA) is 43.3 Å². The minimum Gasteiger partial charge on any atom is -0.383 e. The fraction of sp³-hybridized carbons (Fsp3) is 0.250. The lowest BCUT2D eigenvalue weighted by atomic mass is 9.87. The van der Waals surface area contributed by atoms with Gasteiger partial charge in [-0.15, -0.1) is 0 Å². The molecule has 0 bridgehead atoms. The van der Waals surface area contributed by atoms with Gasteiger partial charge < -0.3 is 14.6 Å². The number of fused-ring (bicyclic) bond motifs is 1. The number of para-hydroxylation sites is 1. The van der Waals surface area contributed by atoms with Crippen LogP contribution in [0.5, 0.6) is 0 Å². The number of nitrogens with zero attached hydrogens (tertiary/aromatic N) is 1. The number of ether oxygens (including phenoxy) is 1. The largest absolute Gasteiger partial charge is 0.416 e. The predicted octanol–water partition coefficient (Wildman–Crippen LogP) is 5.99. The van der Waals surface area contributed by atoms with Crippen molar-refractivity contribution >= 4 is 16.8 Å². The Balaban J connectivity index is 1.75. The molecule has 0 fully saturated rings. The molecule has 7 heteroatoms. The second-order valence-electron chi connectivity index (χ2n) is 8.43. The molecule has 0 unspecified atom stereocenters. The van der Waals surface area contributed by atoms with Crippen molar-refractivity contribution in [3.8, 4) is 0 Å². The number of alkyl halides is 3. The van der Waals surface area contributed by atoms with Gasteiger partial charge in [-0.1, -0.05) is 60.7 Å². The lowest BCUT2D eigenvalue weighted by molar-refractivity contribution is -0.137. The minimum atomic E-state index is -4.42. The molecule has 1 aromatic heterocycles. The first-order valence-electron chi connectivity index (χ1n) is 11.4. The summed E-state index contributed by atoms with van der Waals surface area (Å²) in [6.45, 7) is 1.39. The molecule has 3 aromatic carbocycles. The summed E-state index contributed by atoms with van der Waals surface area (Å²) in [5, 5.41) is 3.80. The van der Waals surface area contributed by atoms with E-state index >= 15 is 0 Å². The molecule has 0 radical (unpaired) electrons. The molecule has 4 aromatic rings. The second kappa shape index (κ2) is 10.8. The SMILES string of the molecule is COCCNC(=O)C[C@@H](c1ccc(C(F)(F)F)cc1)c1cn(Cc2ccccc2)c2ccccc12. The maximum Gasteiger partial charge on any atom is 0.416 e. The third kappa shape index (κ3) is 5.92. The average Bonchev–Trinajstić information content (AvgIpc) is 3.21. The Morgan fingerprint density at radius 1 is 0.971 bits per heavy atom. The summed E-state index contributed by atoms with van der Waals surface area (Å²) >= 11 is 0. The molecule has 0 aliphatic heterocycles. The number of nitrogens with one attached hydrogen (secondary N) is 1. The van der Waals surface area contributed by atoms with Crippen LogP contribution in [-0.2, 0) is 22.3 Å². The number of hydrogen-bond acceptors (Lipinski definition) is 2. The van der Waals surface area contributed by atoms with E-state index in [1.165, 1.54) is 12.1 Å². The number of aromatic nitrogens is 1. The number of methoxy groups -OCH3 is 1. The first-order valence-corrected chi connectivity index (χ1v) is 11.4. The van der Waals surface area contributed by atoms with E-state index in [4.69, 9.17) is 4.74 Å². The standard InChI is InChI=1S/C28H27F3N2O2/c1-35-16-15-32-27(34)17-24(21-11-13-22(14-12-21)28(29,30)31)25-19-33(18-20-7-3-2-4-8-20)26-10-6-5-9-23(25)26/h2-14,19,24H,15-18H2,1H3,(H,32,34)/t24-/m0/s1. The first-order chi connectivity index (χ1) is 16.9. The van der Waals surface area contributed by atoms with Crippen LogP contribution in [0.3, 0.4) is 0 Å². The Bertz CT molecular complexity index is 1270. The number of hydrogen-bond donors (Lipinski definition) is 1. The van der Waals surface area contributed by atoms with Gasteiger partial charge in [0.05, 0.1) is 12.2 Å². The number of carbonyl (C=O) groups excluding carboxylic acids is 1. The fourth-order valence-electron chi connectivity index (χ4n) is 4.33. The van der Waals surface area contributed by atoms with Crippen LogP contribution < -0.4 is 5.32 Å². The molecule has 182 valence electrons. The molecule has 0 spiro atoms. The normalized spacial score (nSPS) is 12.6. The molecule has 0 aliphatic carbocycles. The average molecular weight is 481 g/mol. The van der Waals surface area contributed by atoms with E-state index in [2.05, 4.69) is 9.88 Å². The summed E-state index contributed by atoms with van der Waals surface area (Å²) in [7, 11) is 1.55. The molecular weight excluding hydrogens is 453 g/mol. The lowest BCUT2D eigenvalue weighted by Crippen LogP contribution is -2.28. The van der Waals surface area contributed by atoms with Crippen molar-refractivity contribution < 1.29 is 22.7 Å². The summed E-state index contributed by atoms with van der Waals surface area (Å²) < 4.78 is 46.6. The highest BCUT2D eigenvalue weighted by Gasteiger charge is 2.31. The quantitative estimate of drug-likeness (QED) is 0.299. The first kappa shape index (κ1) is 24.5. The number of carbonyl (C=O) groups is 1. The Labute approximate surface area is 202 Å². The van der Waals surface area contributed by atoms with Crippen molar-refractivity contribution in [2.24, 2.45) is 0 Å². The summed E-state index contributed by atoms with van der Waals surface area (Å²) in [5.74, 6) is -0.603. The van der Waals surface area contributed by atoms with E-state index in [1.807, 2.05) is 60.8 Å². The number of amides is 1. The highest BCUT2D eigenvalue weighted by Crippen LogP contribution is 2.37. The van der Waals surface area contributed by atoms with Crippen LogP contribution in [0.1, 0.15) is 34.6 Å². The second-order valence-corrected chi connectivity index (χ2v) is 8.43. The van der Waals surface area contributed by atoms with Crippen LogP contribution in [0.25, 0.3) is 10.9 Å². The molecule has 4 nitrogen and oxygen atoms in total. The van der Waals surface area contributed by atoms with Gasteiger partial charge in [-0.3, -0.25) is 4.79 Å². The van der Waals surface area contributed by atoms with E-state index in [9.17, 15) is 18.0 Å². The van der Waals surface area contributed by atoms with Crippen molar-refractivity contribution in [1.29, 1.82) is 0 Å². The summed E-state index contributed by atoms with van der Waals surface area (Å²) in [6.07, 6.45) is -2.30. The Morgan fingerprint density at radius 2 is 1.66 bits per heavy atom. The van der Waals surface area contributed by atoms with Gasteiger partial charge in [0.25, 0.3) is 0 Å². The van der Waals surface area contributed by atoms with Crippen LogP contribution in [0, 0.1) is 0 Å². The minimum absolute atomic E-state index is 0.106. The Morgan fingerprint density at radius 3 is 2.34 bits per heavy atom. The lowest BCUT2D eigenvalue weighted by Gasteiger charge is -2.18. The molecule has 1 amide bonds. The highest BCUT2D eigenvalue weighted by molar-refractivity contribution is 5.86. The van der Waals surface area contributed by atoms with Gasteiger partial charge in [-0.25, -0.2) is 0 Å². The van der Waals surface area contributed by atoms with Crippen LogP contribution >= 0.6 is 0 Å². The fourth-order valence-corrected chi connectivity index (χ4v) is 4.33. The molecule has 0 aliphatic rings. The molecule has 1 heterocycles. The van der Waals surface area contributed by atoms with E-state index < -0.39 is 17.7 Å². The van der Waals surface area contributed by atoms with Crippen LogP contribution in [-0.4, -0.2) is 30.7 Å². The molecule has 0 saturated carbocycles. The third-order valence-electron chi connectivity index (χ3n) is 6.05. The number of rotatable bonds is 9. The van der Waals surface area contributed by atoms with Gasteiger partial charge in [0, 0.05) is 49.6 Å². The van der Waals surface area contributed by atoms with Gasteiger partial charge in [0.15, 0.2) is 0 Å². The summed E-state index contributed by atoms with van der Waals surface area (Å²) in [5.41, 5.74) is 2.97. The molecular formula is C28H27F3N2O2. The molecule has 1 atom stereocenters. The van der Waals surface area contributed by atoms with Crippen molar-refractivity contribution in [2.75, 3.05) is 20.3 Å². The summed E-state index contributed by atoms with van der Waals surface area (Å²) in [6, 6.07) is 23.0. The van der Waals surface area contributed by atoms with Crippen molar-refractivity contribution in [2.45, 2.75) is 25.1 Å². The zero-order valence-corrected chi connectivity index (χ0v) is 19.4. The van der Waals surface area contributed by atoms with Gasteiger partial charge in [0.1, 0.15) is 0 Å².